The average Bonchev–Trinajstić information content (AvgIpc) is 3.27. The highest BCUT2D eigenvalue weighted by atomic mass is 28.3. The molecule has 1 saturated carbocycles. The first-order valence-electron chi connectivity index (χ1n) is 11.5. The molecule has 1 spiro atoms. The smallest absolute Gasteiger partial charge is 0.411 e. The Kier molecular flexibility index (Phi) is 5.96. The van der Waals surface area contributed by atoms with Crippen LogP contribution in [0.1, 0.15) is 32.8 Å². The van der Waals surface area contributed by atoms with Crippen LogP contribution in [0.15, 0.2) is 41.1 Å². The number of esters is 2. The minimum absolute atomic E-state index is 0.00387. The van der Waals surface area contributed by atoms with Crippen LogP contribution in [0.3, 0.4) is 0 Å². The molecule has 0 unspecified atom stereocenters. The molecule has 1 saturated heterocycles. The molecular formula is C25H31NO7Si. The van der Waals surface area contributed by atoms with Crippen molar-refractivity contribution >= 4 is 31.9 Å². The number of amides is 1. The average molecular weight is 486 g/mol. The van der Waals surface area contributed by atoms with Gasteiger partial charge in [-0.15, -0.1) is 0 Å². The van der Waals surface area contributed by atoms with E-state index in [1.165, 1.54) is 18.7 Å². The van der Waals surface area contributed by atoms with Crippen LogP contribution in [0.4, 0.5) is 4.79 Å². The third kappa shape index (κ3) is 3.66. The molecule has 0 radical (unpaired) electrons. The number of carbonyl (C=O) groups is 4. The number of ether oxygens (including phenoxy) is 3. The van der Waals surface area contributed by atoms with E-state index >= 15 is 0 Å². The minimum Gasteiger partial charge on any atom is -0.459 e. The Labute approximate surface area is 200 Å². The molecule has 1 heterocycles. The molecule has 5 atom stereocenters. The van der Waals surface area contributed by atoms with Crippen molar-refractivity contribution in [2.24, 2.45) is 5.92 Å². The first kappa shape index (κ1) is 24.2. The van der Waals surface area contributed by atoms with E-state index < -0.39 is 55.9 Å². The Bertz CT molecular complexity index is 1080. The number of allylic oxidation sites excluding steroid dienone is 1. The first-order chi connectivity index (χ1) is 15.9. The number of Topliss-reactive ketones (excluding diaryl/α,β-unsaturated/α-hetero) is 1. The lowest BCUT2D eigenvalue weighted by Gasteiger charge is -2.43. The number of benzene rings is 1. The monoisotopic (exact) mass is 485 g/mol. The molecule has 0 N–H and O–H groups in total. The summed E-state index contributed by atoms with van der Waals surface area (Å²) >= 11 is 0. The number of hydrogen-bond donors (Lipinski definition) is 0. The first-order valence-corrected chi connectivity index (χ1v) is 15.0. The van der Waals surface area contributed by atoms with Crippen molar-refractivity contribution in [3.63, 3.8) is 0 Å². The summed E-state index contributed by atoms with van der Waals surface area (Å²) in [5.41, 5.74) is 0.244. The lowest BCUT2D eigenvalue weighted by molar-refractivity contribution is -0.167. The van der Waals surface area contributed by atoms with Crippen molar-refractivity contribution in [2.45, 2.75) is 77.2 Å². The summed E-state index contributed by atoms with van der Waals surface area (Å²) in [7, 11) is -2.18. The lowest BCUT2D eigenvalue weighted by atomic mass is 9.83. The van der Waals surface area contributed by atoms with Crippen molar-refractivity contribution in [3.8, 4) is 0 Å². The van der Waals surface area contributed by atoms with Crippen LogP contribution in [0, 0.1) is 5.92 Å². The van der Waals surface area contributed by atoms with Gasteiger partial charge in [-0.2, -0.15) is 0 Å². The fraction of sp³-hybridized carbons (Fsp3) is 0.520. The van der Waals surface area contributed by atoms with Crippen LogP contribution in [0.25, 0.3) is 0 Å². The van der Waals surface area contributed by atoms with E-state index in [9.17, 15) is 19.2 Å². The highest BCUT2D eigenvalue weighted by Crippen LogP contribution is 2.57. The van der Waals surface area contributed by atoms with E-state index in [4.69, 9.17) is 14.2 Å². The van der Waals surface area contributed by atoms with E-state index in [1.807, 2.05) is 30.3 Å². The maximum Gasteiger partial charge on any atom is 0.411 e. The highest BCUT2D eigenvalue weighted by Gasteiger charge is 2.74. The molecule has 9 heteroatoms. The predicted octanol–water partition coefficient (Wildman–Crippen LogP) is 3.41. The second-order valence-corrected chi connectivity index (χ2v) is 15.3. The van der Waals surface area contributed by atoms with Gasteiger partial charge in [0.1, 0.15) is 12.2 Å². The molecule has 2 fully saturated rings. The van der Waals surface area contributed by atoms with Crippen LogP contribution < -0.4 is 0 Å². The summed E-state index contributed by atoms with van der Waals surface area (Å²) in [5.74, 6) is -1.57. The van der Waals surface area contributed by atoms with Gasteiger partial charge in [-0.1, -0.05) is 50.0 Å². The SMILES string of the molecule is CC(=O)O[C@@H]1C2=C([Si](C)(C)C)C(=O)C[C@H]2[C@@H](OC(C)=O)[C@@]12[C@H](C)OC(=O)N2Cc1ccccc1. The molecule has 34 heavy (non-hydrogen) atoms. The second-order valence-electron chi connectivity index (χ2n) is 10.3. The van der Waals surface area contributed by atoms with Crippen LogP contribution in [-0.2, 0) is 35.1 Å². The van der Waals surface area contributed by atoms with Crippen LogP contribution in [-0.4, -0.2) is 60.6 Å². The molecule has 4 rings (SSSR count). The summed E-state index contributed by atoms with van der Waals surface area (Å²) in [5, 5.41) is 0.698. The zero-order valence-electron chi connectivity index (χ0n) is 20.4. The van der Waals surface area contributed by atoms with Gasteiger partial charge >= 0.3 is 18.0 Å². The Balaban J connectivity index is 1.98. The molecule has 1 aliphatic heterocycles. The highest BCUT2D eigenvalue weighted by molar-refractivity contribution is 6.87. The van der Waals surface area contributed by atoms with Crippen molar-refractivity contribution in [1.82, 2.24) is 4.90 Å². The van der Waals surface area contributed by atoms with Crippen molar-refractivity contribution in [2.75, 3.05) is 0 Å². The Morgan fingerprint density at radius 3 is 2.26 bits per heavy atom. The Morgan fingerprint density at radius 1 is 1.09 bits per heavy atom. The molecule has 1 aromatic carbocycles. The summed E-state index contributed by atoms with van der Waals surface area (Å²) in [6, 6.07) is 9.39. The van der Waals surface area contributed by atoms with Crippen LogP contribution in [0.5, 0.6) is 0 Å². The van der Waals surface area contributed by atoms with Gasteiger partial charge in [0, 0.05) is 26.2 Å². The maximum atomic E-state index is 13.2. The number of ketones is 1. The summed E-state index contributed by atoms with van der Waals surface area (Å²) in [6.45, 7) is 10.7. The second kappa shape index (κ2) is 8.37. The Morgan fingerprint density at radius 2 is 1.71 bits per heavy atom. The quantitative estimate of drug-likeness (QED) is 0.358. The van der Waals surface area contributed by atoms with E-state index in [0.29, 0.717) is 10.8 Å². The van der Waals surface area contributed by atoms with E-state index in [2.05, 4.69) is 19.6 Å². The van der Waals surface area contributed by atoms with E-state index in [-0.39, 0.29) is 18.7 Å². The van der Waals surface area contributed by atoms with Crippen molar-refractivity contribution < 1.29 is 33.4 Å². The van der Waals surface area contributed by atoms with Crippen LogP contribution in [0.2, 0.25) is 19.6 Å². The van der Waals surface area contributed by atoms with Crippen LogP contribution >= 0.6 is 0 Å². The summed E-state index contributed by atoms with van der Waals surface area (Å²) < 4.78 is 17.6. The molecule has 8 nitrogen and oxygen atoms in total. The third-order valence-corrected chi connectivity index (χ3v) is 9.09. The summed E-state index contributed by atoms with van der Waals surface area (Å²) in [6.07, 6.45) is -3.04. The molecule has 1 amide bonds. The van der Waals surface area contributed by atoms with Gasteiger partial charge in [-0.3, -0.25) is 19.3 Å². The maximum absolute atomic E-state index is 13.2. The summed E-state index contributed by atoms with van der Waals surface area (Å²) in [4.78, 5) is 52.6. The van der Waals surface area contributed by atoms with Gasteiger partial charge in [0.05, 0.1) is 14.6 Å². The zero-order chi connectivity index (χ0) is 25.0. The standard InChI is InChI=1S/C25H31NO7Si/c1-14-25(26(24(30)31-14)13-17-10-8-7-9-11-17)22(32-15(2)27)18-12-19(29)21(34(4,5)6)20(18)23(25)33-16(3)28/h7-11,14,18,22-23H,12-13H2,1-6H3/t14-,18+,22+,23+,25-/m0/s1. The van der Waals surface area contributed by atoms with E-state index in [0.717, 1.165) is 5.56 Å². The minimum atomic E-state index is -2.18. The predicted molar refractivity (Wildman–Crippen MR) is 125 cm³/mol. The van der Waals surface area contributed by atoms with Gasteiger partial charge in [0.2, 0.25) is 0 Å². The number of cyclic esters (lactones) is 1. The normalized spacial score (nSPS) is 30.6. The van der Waals surface area contributed by atoms with Gasteiger partial charge in [0.25, 0.3) is 0 Å². The fourth-order valence-electron chi connectivity index (χ4n) is 6.00. The fourth-order valence-corrected chi connectivity index (χ4v) is 8.12. The number of rotatable bonds is 5. The topological polar surface area (TPSA) is 99.2 Å². The van der Waals surface area contributed by atoms with Gasteiger partial charge in [-0.05, 0) is 23.3 Å². The van der Waals surface area contributed by atoms with E-state index in [1.54, 1.807) is 6.92 Å². The molecule has 3 aliphatic rings. The zero-order valence-corrected chi connectivity index (χ0v) is 21.4. The van der Waals surface area contributed by atoms with Gasteiger partial charge in [-0.25, -0.2) is 4.79 Å². The van der Waals surface area contributed by atoms with Gasteiger partial charge < -0.3 is 14.2 Å². The lowest BCUT2D eigenvalue weighted by Crippen LogP contribution is -2.64. The number of carbonyl (C=O) groups excluding carboxylic acids is 4. The molecule has 0 bridgehead atoms. The molecule has 0 aromatic heterocycles. The molecular weight excluding hydrogens is 454 g/mol. The molecule has 182 valence electrons. The van der Waals surface area contributed by atoms with Crippen molar-refractivity contribution in [3.05, 3.63) is 46.7 Å². The number of fused-ring (bicyclic) bond motifs is 1. The Hall–Kier alpha value is -2.94. The molecule has 2 aliphatic carbocycles. The third-order valence-electron chi connectivity index (χ3n) is 7.02. The van der Waals surface area contributed by atoms with Crippen molar-refractivity contribution in [1.29, 1.82) is 0 Å². The van der Waals surface area contributed by atoms with Gasteiger partial charge in [0.15, 0.2) is 17.4 Å². The number of nitrogens with zero attached hydrogens (tertiary/aromatic N) is 1. The number of hydrogen-bond acceptors (Lipinski definition) is 7. The molecule has 1 aromatic rings. The largest absolute Gasteiger partial charge is 0.459 e.